The highest BCUT2D eigenvalue weighted by molar-refractivity contribution is 7.11. The smallest absolute Gasteiger partial charge is 0.265 e. The normalized spacial score (nSPS) is 16.3. The van der Waals surface area contributed by atoms with Gasteiger partial charge in [0, 0.05) is 49.6 Å². The van der Waals surface area contributed by atoms with Crippen LogP contribution in [0.1, 0.15) is 46.7 Å². The van der Waals surface area contributed by atoms with Crippen LogP contribution in [0.15, 0.2) is 42.2 Å². The van der Waals surface area contributed by atoms with Crippen LogP contribution >= 0.6 is 11.3 Å². The zero-order chi connectivity index (χ0) is 21.1. The Hall–Kier alpha value is -3.13. The zero-order valence-electron chi connectivity index (χ0n) is 17.0. The van der Waals surface area contributed by atoms with Gasteiger partial charge in [-0.05, 0) is 31.9 Å². The van der Waals surface area contributed by atoms with Gasteiger partial charge < -0.3 is 10.2 Å². The number of piperidine rings is 1. The molecule has 0 bridgehead atoms. The fourth-order valence-electron chi connectivity index (χ4n) is 3.85. The number of amides is 2. The lowest BCUT2D eigenvalue weighted by atomic mass is 9.91. The number of carbonyl (C=O) groups is 2. The predicted molar refractivity (Wildman–Crippen MR) is 117 cm³/mol. The van der Waals surface area contributed by atoms with Crippen molar-refractivity contribution >= 4 is 28.8 Å². The Bertz CT molecular complexity index is 1080. The molecule has 0 radical (unpaired) electrons. The van der Waals surface area contributed by atoms with Crippen LogP contribution < -0.4 is 5.32 Å². The highest BCUT2D eigenvalue weighted by Crippen LogP contribution is 2.33. The molecule has 8 heteroatoms. The number of benzene rings is 1. The first-order chi connectivity index (χ1) is 14.5. The third-order valence-electron chi connectivity index (χ3n) is 5.22. The largest absolute Gasteiger partial charge is 0.337 e. The van der Waals surface area contributed by atoms with Crippen LogP contribution in [-0.4, -0.2) is 44.8 Å². The van der Waals surface area contributed by atoms with Gasteiger partial charge in [0.05, 0.1) is 22.6 Å². The number of rotatable bonds is 4. The lowest BCUT2D eigenvalue weighted by Crippen LogP contribution is -2.39. The van der Waals surface area contributed by atoms with Crippen molar-refractivity contribution in [3.63, 3.8) is 0 Å². The highest BCUT2D eigenvalue weighted by Gasteiger charge is 2.29. The standard InChI is InChI=1S/C22H23N5O2S/c1-14-21(30-13-25-14)22(29)27-10-4-6-17(12-27)20-19(23-8-9-24-20)16-5-3-7-18(11-16)26-15(2)28/h3,5,7-9,11,13,17H,4,6,10,12H2,1-2H3,(H,26,28)/t17-/m0/s1. The van der Waals surface area contributed by atoms with E-state index in [-0.39, 0.29) is 17.7 Å². The SMILES string of the molecule is CC(=O)Nc1cccc(-c2nccnc2[C@H]2CCCN(C(=O)c3scnc3C)C2)c1. The molecule has 0 aliphatic carbocycles. The second-order valence-corrected chi connectivity index (χ2v) is 8.26. The summed E-state index contributed by atoms with van der Waals surface area (Å²) in [4.78, 5) is 40.5. The van der Waals surface area contributed by atoms with E-state index < -0.39 is 0 Å². The van der Waals surface area contributed by atoms with Gasteiger partial charge in [0.2, 0.25) is 5.91 Å². The summed E-state index contributed by atoms with van der Waals surface area (Å²) in [7, 11) is 0. The number of aromatic nitrogens is 3. The van der Waals surface area contributed by atoms with Gasteiger partial charge in [0.1, 0.15) is 4.88 Å². The summed E-state index contributed by atoms with van der Waals surface area (Å²) in [5.41, 5.74) is 5.78. The summed E-state index contributed by atoms with van der Waals surface area (Å²) >= 11 is 1.39. The van der Waals surface area contributed by atoms with Crippen LogP contribution in [-0.2, 0) is 4.79 Å². The fraction of sp³-hybridized carbons (Fsp3) is 0.318. The Morgan fingerprint density at radius 1 is 1.20 bits per heavy atom. The molecule has 7 nitrogen and oxygen atoms in total. The molecule has 1 fully saturated rings. The number of nitrogens with zero attached hydrogens (tertiary/aromatic N) is 4. The maximum atomic E-state index is 13.0. The van der Waals surface area contributed by atoms with Gasteiger partial charge in [0.15, 0.2) is 0 Å². The molecular weight excluding hydrogens is 398 g/mol. The lowest BCUT2D eigenvalue weighted by molar-refractivity contribution is -0.114. The van der Waals surface area contributed by atoms with Crippen LogP contribution in [0, 0.1) is 6.92 Å². The third kappa shape index (κ3) is 4.23. The third-order valence-corrected chi connectivity index (χ3v) is 6.13. The van der Waals surface area contributed by atoms with Crippen LogP contribution in [0.25, 0.3) is 11.3 Å². The molecule has 0 spiro atoms. The highest BCUT2D eigenvalue weighted by atomic mass is 32.1. The first-order valence-electron chi connectivity index (χ1n) is 9.91. The molecule has 1 saturated heterocycles. The second-order valence-electron chi connectivity index (χ2n) is 7.41. The van der Waals surface area contributed by atoms with Crippen molar-refractivity contribution in [1.82, 2.24) is 19.9 Å². The molecule has 1 aromatic carbocycles. The molecule has 4 rings (SSSR count). The van der Waals surface area contributed by atoms with Crippen LogP contribution in [0.3, 0.4) is 0 Å². The Morgan fingerprint density at radius 2 is 2.03 bits per heavy atom. The molecule has 1 aliphatic heterocycles. The number of carbonyl (C=O) groups excluding carboxylic acids is 2. The van der Waals surface area contributed by atoms with Crippen molar-refractivity contribution in [2.24, 2.45) is 0 Å². The van der Waals surface area contributed by atoms with E-state index in [1.165, 1.54) is 18.3 Å². The van der Waals surface area contributed by atoms with Crippen molar-refractivity contribution < 1.29 is 9.59 Å². The fourth-order valence-corrected chi connectivity index (χ4v) is 4.62. The van der Waals surface area contributed by atoms with Crippen molar-refractivity contribution in [2.45, 2.75) is 32.6 Å². The number of nitrogens with one attached hydrogen (secondary N) is 1. The van der Waals surface area contributed by atoms with Crippen LogP contribution in [0.2, 0.25) is 0 Å². The summed E-state index contributed by atoms with van der Waals surface area (Å²) in [5, 5.41) is 2.81. The molecule has 1 aliphatic rings. The van der Waals surface area contributed by atoms with E-state index in [0.717, 1.165) is 47.7 Å². The van der Waals surface area contributed by atoms with Gasteiger partial charge in [-0.25, -0.2) is 4.98 Å². The van der Waals surface area contributed by atoms with Gasteiger partial charge in [-0.15, -0.1) is 11.3 Å². The molecule has 2 amide bonds. The first-order valence-corrected chi connectivity index (χ1v) is 10.8. The zero-order valence-corrected chi connectivity index (χ0v) is 17.8. The summed E-state index contributed by atoms with van der Waals surface area (Å²) in [5.74, 6) is 0.0214. The molecule has 3 heterocycles. The average Bonchev–Trinajstić information content (AvgIpc) is 3.19. The monoisotopic (exact) mass is 421 g/mol. The number of likely N-dealkylation sites (tertiary alicyclic amines) is 1. The molecule has 154 valence electrons. The molecule has 1 atom stereocenters. The van der Waals surface area contributed by atoms with Crippen molar-refractivity contribution in [1.29, 1.82) is 0 Å². The van der Waals surface area contributed by atoms with E-state index in [1.54, 1.807) is 17.9 Å². The number of hydrogen-bond acceptors (Lipinski definition) is 6. The van der Waals surface area contributed by atoms with Crippen LogP contribution in [0.5, 0.6) is 0 Å². The van der Waals surface area contributed by atoms with E-state index in [1.807, 2.05) is 36.1 Å². The maximum Gasteiger partial charge on any atom is 0.265 e. The number of thiazole rings is 1. The van der Waals surface area contributed by atoms with Gasteiger partial charge >= 0.3 is 0 Å². The summed E-state index contributed by atoms with van der Waals surface area (Å²) in [6, 6.07) is 7.61. The first kappa shape index (κ1) is 20.2. The number of aryl methyl sites for hydroxylation is 1. The van der Waals surface area contributed by atoms with Crippen LogP contribution in [0.4, 0.5) is 5.69 Å². The summed E-state index contributed by atoms with van der Waals surface area (Å²) in [6.45, 7) is 4.69. The van der Waals surface area contributed by atoms with E-state index in [0.29, 0.717) is 11.4 Å². The molecule has 2 aromatic heterocycles. The van der Waals surface area contributed by atoms with E-state index in [9.17, 15) is 9.59 Å². The molecule has 3 aromatic rings. The van der Waals surface area contributed by atoms with Gasteiger partial charge in [-0.3, -0.25) is 19.6 Å². The van der Waals surface area contributed by atoms with E-state index in [4.69, 9.17) is 0 Å². The Labute approximate surface area is 179 Å². The van der Waals surface area contributed by atoms with E-state index >= 15 is 0 Å². The Morgan fingerprint density at radius 3 is 2.80 bits per heavy atom. The van der Waals surface area contributed by atoms with Gasteiger partial charge in [-0.1, -0.05) is 12.1 Å². The summed E-state index contributed by atoms with van der Waals surface area (Å²) < 4.78 is 0. The number of hydrogen-bond donors (Lipinski definition) is 1. The topological polar surface area (TPSA) is 88.1 Å². The van der Waals surface area contributed by atoms with E-state index in [2.05, 4.69) is 20.3 Å². The number of anilines is 1. The minimum atomic E-state index is -0.119. The molecule has 0 unspecified atom stereocenters. The summed E-state index contributed by atoms with van der Waals surface area (Å²) in [6.07, 6.45) is 5.24. The second kappa shape index (κ2) is 8.71. The van der Waals surface area contributed by atoms with Crippen molar-refractivity contribution in [3.05, 3.63) is 58.4 Å². The predicted octanol–water partition coefficient (Wildman–Crippen LogP) is 3.89. The quantitative estimate of drug-likeness (QED) is 0.691. The van der Waals surface area contributed by atoms with Gasteiger partial charge in [-0.2, -0.15) is 0 Å². The molecule has 1 N–H and O–H groups in total. The van der Waals surface area contributed by atoms with Crippen molar-refractivity contribution in [2.75, 3.05) is 18.4 Å². The Kier molecular flexibility index (Phi) is 5.85. The Balaban J connectivity index is 1.61. The molecule has 0 saturated carbocycles. The van der Waals surface area contributed by atoms with Gasteiger partial charge in [0.25, 0.3) is 5.91 Å². The molecular formula is C22H23N5O2S. The lowest BCUT2D eigenvalue weighted by Gasteiger charge is -2.33. The minimum absolute atomic E-state index is 0.0396. The molecule has 30 heavy (non-hydrogen) atoms. The minimum Gasteiger partial charge on any atom is -0.337 e. The van der Waals surface area contributed by atoms with Crippen molar-refractivity contribution in [3.8, 4) is 11.3 Å². The maximum absolute atomic E-state index is 13.0. The average molecular weight is 422 g/mol.